The number of nitrogens with zero attached hydrogens (tertiary/aromatic N) is 1. The van der Waals surface area contributed by atoms with Crippen LogP contribution in [0.1, 0.15) is 37.1 Å². The Morgan fingerprint density at radius 1 is 1.47 bits per heavy atom. The lowest BCUT2D eigenvalue weighted by atomic mass is 9.99. The fraction of sp³-hybridized carbons (Fsp3) is 0.643. The molecule has 1 saturated heterocycles. The molecule has 0 unspecified atom stereocenters. The first kappa shape index (κ1) is 14.3. The van der Waals surface area contributed by atoms with Crippen LogP contribution >= 0.6 is 11.3 Å². The smallest absolute Gasteiger partial charge is 0.410 e. The quantitative estimate of drug-likeness (QED) is 0.862. The van der Waals surface area contributed by atoms with Gasteiger partial charge in [0.2, 0.25) is 0 Å². The first-order valence-electron chi connectivity index (χ1n) is 6.47. The van der Waals surface area contributed by atoms with Crippen molar-refractivity contribution in [3.05, 3.63) is 21.9 Å². The second-order valence-electron chi connectivity index (χ2n) is 6.05. The Bertz CT molecular complexity index is 464. The maximum atomic E-state index is 12.0. The lowest BCUT2D eigenvalue weighted by molar-refractivity contribution is 0.0270. The van der Waals surface area contributed by atoms with Gasteiger partial charge in [-0.3, -0.25) is 0 Å². The largest absolute Gasteiger partial charge is 0.444 e. The molecule has 2 heterocycles. The first-order valence-corrected chi connectivity index (χ1v) is 7.35. The molecule has 1 amide bonds. The van der Waals surface area contributed by atoms with Crippen molar-refractivity contribution in [3.8, 4) is 0 Å². The van der Waals surface area contributed by atoms with Crippen LogP contribution < -0.4 is 0 Å². The molecule has 0 aromatic carbocycles. The van der Waals surface area contributed by atoms with Gasteiger partial charge in [-0.1, -0.05) is 0 Å². The van der Waals surface area contributed by atoms with Crippen LogP contribution in [0, 0.1) is 6.92 Å². The molecule has 19 heavy (non-hydrogen) atoms. The van der Waals surface area contributed by atoms with Crippen LogP contribution in [0.2, 0.25) is 0 Å². The number of likely N-dealkylation sites (tertiary alicyclic amines) is 1. The molecule has 1 aliphatic rings. The Balaban J connectivity index is 2.03. The summed E-state index contributed by atoms with van der Waals surface area (Å²) in [4.78, 5) is 14.8. The molecule has 106 valence electrons. The molecule has 0 radical (unpaired) electrons. The molecule has 1 aliphatic heterocycles. The minimum atomic E-state index is -0.512. The summed E-state index contributed by atoms with van der Waals surface area (Å²) < 4.78 is 5.34. The van der Waals surface area contributed by atoms with Crippen molar-refractivity contribution in [1.82, 2.24) is 4.90 Å². The van der Waals surface area contributed by atoms with Gasteiger partial charge in [-0.15, -0.1) is 11.3 Å². The number of aliphatic hydroxyl groups excluding tert-OH is 1. The Morgan fingerprint density at radius 3 is 2.68 bits per heavy atom. The zero-order valence-electron chi connectivity index (χ0n) is 11.8. The van der Waals surface area contributed by atoms with Crippen LogP contribution in [0.3, 0.4) is 0 Å². The highest BCUT2D eigenvalue weighted by atomic mass is 32.1. The Hall–Kier alpha value is -1.07. The molecule has 0 aliphatic carbocycles. The molecule has 1 aromatic rings. The number of rotatable bonds is 1. The maximum absolute atomic E-state index is 12.0. The lowest BCUT2D eigenvalue weighted by Crippen LogP contribution is -2.35. The van der Waals surface area contributed by atoms with Crippen molar-refractivity contribution in [1.29, 1.82) is 0 Å². The van der Waals surface area contributed by atoms with Gasteiger partial charge in [0, 0.05) is 17.3 Å². The van der Waals surface area contributed by atoms with Crippen LogP contribution in [0.15, 0.2) is 11.4 Å². The molecule has 5 heteroatoms. The third kappa shape index (κ3) is 3.48. The summed E-state index contributed by atoms with van der Waals surface area (Å²) in [5, 5.41) is 12.2. The van der Waals surface area contributed by atoms with Crippen LogP contribution in [0.25, 0.3) is 0 Å². The van der Waals surface area contributed by atoms with Crippen LogP contribution in [0.4, 0.5) is 4.79 Å². The Labute approximate surface area is 118 Å². The molecular formula is C14H21NO3S. The van der Waals surface area contributed by atoms with Crippen molar-refractivity contribution < 1.29 is 14.6 Å². The monoisotopic (exact) mass is 283 g/mol. The Kier molecular flexibility index (Phi) is 3.87. The van der Waals surface area contributed by atoms with Gasteiger partial charge in [-0.25, -0.2) is 4.79 Å². The molecule has 0 saturated carbocycles. The summed E-state index contributed by atoms with van der Waals surface area (Å²) in [6.45, 7) is 8.44. The van der Waals surface area contributed by atoms with Crippen LogP contribution in [-0.2, 0) is 4.74 Å². The topological polar surface area (TPSA) is 49.8 Å². The number of aliphatic hydroxyl groups is 1. The van der Waals surface area contributed by atoms with Gasteiger partial charge in [-0.2, -0.15) is 0 Å². The van der Waals surface area contributed by atoms with Crippen molar-refractivity contribution in [2.24, 2.45) is 0 Å². The number of ether oxygens (including phenoxy) is 1. The highest BCUT2D eigenvalue weighted by molar-refractivity contribution is 7.10. The van der Waals surface area contributed by atoms with E-state index in [2.05, 4.69) is 11.4 Å². The number of aryl methyl sites for hydroxylation is 1. The molecule has 0 spiro atoms. The maximum Gasteiger partial charge on any atom is 0.410 e. The molecule has 1 N–H and O–H groups in total. The SMILES string of the molecule is Cc1cc([C@@H]2CN(C(=O)OC(C)(C)C)C[C@H]2O)cs1. The van der Waals surface area contributed by atoms with Gasteiger partial charge in [-0.05, 0) is 44.7 Å². The third-order valence-electron chi connectivity index (χ3n) is 3.12. The number of hydrogen-bond donors (Lipinski definition) is 1. The van der Waals surface area contributed by atoms with E-state index in [4.69, 9.17) is 4.74 Å². The zero-order chi connectivity index (χ0) is 14.2. The van der Waals surface area contributed by atoms with Gasteiger partial charge >= 0.3 is 6.09 Å². The van der Waals surface area contributed by atoms with E-state index in [0.29, 0.717) is 13.1 Å². The summed E-state index contributed by atoms with van der Waals surface area (Å²) in [7, 11) is 0. The lowest BCUT2D eigenvalue weighted by Gasteiger charge is -2.24. The fourth-order valence-electron chi connectivity index (χ4n) is 2.25. The van der Waals surface area contributed by atoms with Gasteiger partial charge in [0.25, 0.3) is 0 Å². The summed E-state index contributed by atoms with van der Waals surface area (Å²) >= 11 is 1.67. The molecule has 2 rings (SSSR count). The normalized spacial score (nSPS) is 23.7. The third-order valence-corrected chi connectivity index (χ3v) is 4.00. The van der Waals surface area contributed by atoms with Crippen LogP contribution in [0.5, 0.6) is 0 Å². The van der Waals surface area contributed by atoms with E-state index in [1.54, 1.807) is 16.2 Å². The average Bonchev–Trinajstić information content (AvgIpc) is 2.82. The number of carbonyl (C=O) groups excluding carboxylic acids is 1. The molecular weight excluding hydrogens is 262 g/mol. The van der Waals surface area contributed by atoms with E-state index in [1.807, 2.05) is 27.7 Å². The van der Waals surface area contributed by atoms with Gasteiger partial charge in [0.1, 0.15) is 5.60 Å². The predicted octanol–water partition coefficient (Wildman–Crippen LogP) is 2.75. The van der Waals surface area contributed by atoms with Crippen molar-refractivity contribution in [2.45, 2.75) is 45.3 Å². The van der Waals surface area contributed by atoms with Gasteiger partial charge in [0.05, 0.1) is 12.6 Å². The minimum Gasteiger partial charge on any atom is -0.444 e. The molecule has 0 bridgehead atoms. The van der Waals surface area contributed by atoms with Crippen molar-refractivity contribution in [3.63, 3.8) is 0 Å². The predicted molar refractivity (Wildman–Crippen MR) is 75.6 cm³/mol. The number of hydrogen-bond acceptors (Lipinski definition) is 4. The number of β-amino-alcohol motifs (C(OH)–C–C–N with tert-alkyl or cyclic N) is 1. The van der Waals surface area contributed by atoms with Crippen molar-refractivity contribution in [2.75, 3.05) is 13.1 Å². The summed E-state index contributed by atoms with van der Waals surface area (Å²) in [5.41, 5.74) is 0.611. The number of thiophene rings is 1. The van der Waals surface area contributed by atoms with E-state index in [0.717, 1.165) is 5.56 Å². The first-order chi connectivity index (χ1) is 8.76. The van der Waals surface area contributed by atoms with E-state index >= 15 is 0 Å². The average molecular weight is 283 g/mol. The number of amides is 1. The summed E-state index contributed by atoms with van der Waals surface area (Å²) in [5.74, 6) is -0.00234. The number of carbonyl (C=O) groups is 1. The zero-order valence-corrected chi connectivity index (χ0v) is 12.7. The van der Waals surface area contributed by atoms with Crippen LogP contribution in [-0.4, -0.2) is 40.9 Å². The van der Waals surface area contributed by atoms with E-state index in [1.165, 1.54) is 4.88 Å². The second-order valence-corrected chi connectivity index (χ2v) is 7.17. The highest BCUT2D eigenvalue weighted by Crippen LogP contribution is 2.31. The standard InChI is InChI=1S/C14H21NO3S/c1-9-5-10(8-19-9)11-6-15(7-12(11)16)13(17)18-14(2,3)4/h5,8,11-12,16H,6-7H2,1-4H3/t11-,12+/m0/s1. The van der Waals surface area contributed by atoms with Gasteiger partial charge in [0.15, 0.2) is 0 Å². The highest BCUT2D eigenvalue weighted by Gasteiger charge is 2.37. The summed E-state index contributed by atoms with van der Waals surface area (Å²) in [6.07, 6.45) is -0.859. The second kappa shape index (κ2) is 5.13. The molecule has 2 atom stereocenters. The molecule has 1 aromatic heterocycles. The molecule has 4 nitrogen and oxygen atoms in total. The molecule has 1 fully saturated rings. The van der Waals surface area contributed by atoms with Crippen molar-refractivity contribution >= 4 is 17.4 Å². The fourth-order valence-corrected chi connectivity index (χ4v) is 3.02. The Morgan fingerprint density at radius 2 is 2.16 bits per heavy atom. The van der Waals surface area contributed by atoms with E-state index < -0.39 is 11.7 Å². The summed E-state index contributed by atoms with van der Waals surface area (Å²) in [6, 6.07) is 2.08. The van der Waals surface area contributed by atoms with E-state index in [-0.39, 0.29) is 12.0 Å². The van der Waals surface area contributed by atoms with Gasteiger partial charge < -0.3 is 14.7 Å². The van der Waals surface area contributed by atoms with E-state index in [9.17, 15) is 9.90 Å². The minimum absolute atomic E-state index is 0.00234.